The van der Waals surface area contributed by atoms with Gasteiger partial charge in [0.1, 0.15) is 0 Å². The molecule has 0 saturated carbocycles. The number of amides is 1. The third-order valence-corrected chi connectivity index (χ3v) is 4.20. The Hall–Kier alpha value is -0.570. The van der Waals surface area contributed by atoms with Crippen molar-refractivity contribution in [2.45, 2.75) is 59.9 Å². The fourth-order valence-corrected chi connectivity index (χ4v) is 2.80. The third kappa shape index (κ3) is 5.94. The summed E-state index contributed by atoms with van der Waals surface area (Å²) in [4.78, 5) is 14.3. The molecule has 1 saturated heterocycles. The molecule has 1 heterocycles. The van der Waals surface area contributed by atoms with Gasteiger partial charge in [0.05, 0.1) is 0 Å². The van der Waals surface area contributed by atoms with Gasteiger partial charge in [0.15, 0.2) is 0 Å². The molecule has 3 nitrogen and oxygen atoms in total. The van der Waals surface area contributed by atoms with Crippen molar-refractivity contribution in [2.75, 3.05) is 19.6 Å². The Morgan fingerprint density at radius 3 is 2.47 bits per heavy atom. The Labute approximate surface area is 119 Å². The molecule has 0 radical (unpaired) electrons. The van der Waals surface area contributed by atoms with Gasteiger partial charge in [0, 0.05) is 25.6 Å². The molecule has 0 bridgehead atoms. The number of likely N-dealkylation sites (tertiary alicyclic amines) is 1. The molecular weight excluding hydrogens is 236 g/mol. The Morgan fingerprint density at radius 1 is 1.21 bits per heavy atom. The van der Waals surface area contributed by atoms with Crippen molar-refractivity contribution >= 4 is 5.91 Å². The second-order valence-corrected chi connectivity index (χ2v) is 6.84. The van der Waals surface area contributed by atoms with E-state index in [1.807, 2.05) is 0 Å². The Kier molecular flexibility index (Phi) is 6.84. The van der Waals surface area contributed by atoms with Crippen LogP contribution in [0.15, 0.2) is 0 Å². The molecule has 1 N–H and O–H groups in total. The van der Waals surface area contributed by atoms with Gasteiger partial charge in [0.25, 0.3) is 0 Å². The van der Waals surface area contributed by atoms with Crippen LogP contribution in [0.1, 0.15) is 53.9 Å². The van der Waals surface area contributed by atoms with Gasteiger partial charge in [-0.15, -0.1) is 0 Å². The quantitative estimate of drug-likeness (QED) is 0.803. The first-order chi connectivity index (χ1) is 8.90. The maximum atomic E-state index is 12.2. The minimum atomic E-state index is 0.361. The van der Waals surface area contributed by atoms with Gasteiger partial charge in [-0.1, -0.05) is 34.6 Å². The van der Waals surface area contributed by atoms with Crippen molar-refractivity contribution in [1.82, 2.24) is 10.2 Å². The molecule has 19 heavy (non-hydrogen) atoms. The zero-order valence-electron chi connectivity index (χ0n) is 13.4. The normalized spacial score (nSPS) is 23.0. The van der Waals surface area contributed by atoms with Crippen LogP contribution in [-0.4, -0.2) is 36.5 Å². The number of hydrogen-bond acceptors (Lipinski definition) is 2. The standard InChI is InChI=1S/C16H32N2O/c1-12(2)15-6-7-16(19)18(9-8-15)11-14(5)10-17-13(3)4/h12-15,17H,6-11H2,1-5H3. The van der Waals surface area contributed by atoms with Crippen LogP contribution in [-0.2, 0) is 4.79 Å². The molecule has 1 amide bonds. The minimum absolute atomic E-state index is 0.361. The molecule has 0 aromatic carbocycles. The lowest BCUT2D eigenvalue weighted by atomic mass is 9.89. The average Bonchev–Trinajstić information content (AvgIpc) is 2.50. The van der Waals surface area contributed by atoms with Gasteiger partial charge < -0.3 is 10.2 Å². The van der Waals surface area contributed by atoms with E-state index in [4.69, 9.17) is 0 Å². The highest BCUT2D eigenvalue weighted by Crippen LogP contribution is 2.25. The number of carbonyl (C=O) groups excluding carboxylic acids is 1. The van der Waals surface area contributed by atoms with Crippen molar-refractivity contribution in [2.24, 2.45) is 17.8 Å². The fourth-order valence-electron chi connectivity index (χ4n) is 2.80. The van der Waals surface area contributed by atoms with Crippen LogP contribution in [0.3, 0.4) is 0 Å². The lowest BCUT2D eigenvalue weighted by Crippen LogP contribution is -2.38. The summed E-state index contributed by atoms with van der Waals surface area (Å²) < 4.78 is 0. The van der Waals surface area contributed by atoms with Gasteiger partial charge in [-0.25, -0.2) is 0 Å². The monoisotopic (exact) mass is 268 g/mol. The summed E-state index contributed by atoms with van der Waals surface area (Å²) in [5.41, 5.74) is 0. The van der Waals surface area contributed by atoms with E-state index >= 15 is 0 Å². The molecular formula is C16H32N2O. The first kappa shape index (κ1) is 16.5. The van der Waals surface area contributed by atoms with Crippen LogP contribution in [0.2, 0.25) is 0 Å². The smallest absolute Gasteiger partial charge is 0.222 e. The fraction of sp³-hybridized carbons (Fsp3) is 0.938. The number of carbonyl (C=O) groups is 1. The molecule has 2 atom stereocenters. The maximum Gasteiger partial charge on any atom is 0.222 e. The predicted molar refractivity (Wildman–Crippen MR) is 81.1 cm³/mol. The van der Waals surface area contributed by atoms with E-state index in [2.05, 4.69) is 44.8 Å². The first-order valence-corrected chi connectivity index (χ1v) is 7.91. The van der Waals surface area contributed by atoms with Crippen LogP contribution < -0.4 is 5.32 Å². The summed E-state index contributed by atoms with van der Waals surface area (Å²) in [5, 5.41) is 3.45. The SMILES string of the molecule is CC(CNC(C)C)CN1CCC(C(C)C)CCC1=O. The van der Waals surface area contributed by atoms with Crippen LogP contribution in [0.4, 0.5) is 0 Å². The van der Waals surface area contributed by atoms with Crippen LogP contribution in [0.5, 0.6) is 0 Å². The second-order valence-electron chi connectivity index (χ2n) is 6.84. The van der Waals surface area contributed by atoms with E-state index in [9.17, 15) is 4.79 Å². The zero-order valence-corrected chi connectivity index (χ0v) is 13.4. The molecule has 1 aliphatic heterocycles. The number of nitrogens with zero attached hydrogens (tertiary/aromatic N) is 1. The molecule has 1 rings (SSSR count). The summed E-state index contributed by atoms with van der Waals surface area (Å²) in [6, 6.07) is 0.521. The average molecular weight is 268 g/mol. The minimum Gasteiger partial charge on any atom is -0.342 e. The van der Waals surface area contributed by atoms with E-state index < -0.39 is 0 Å². The number of hydrogen-bond donors (Lipinski definition) is 1. The summed E-state index contributed by atoms with van der Waals surface area (Å²) in [6.45, 7) is 14.0. The van der Waals surface area contributed by atoms with Gasteiger partial charge in [-0.3, -0.25) is 4.79 Å². The highest BCUT2D eigenvalue weighted by atomic mass is 16.2. The molecule has 0 aromatic rings. The van der Waals surface area contributed by atoms with Gasteiger partial charge in [-0.2, -0.15) is 0 Å². The molecule has 1 aliphatic rings. The lowest BCUT2D eigenvalue weighted by Gasteiger charge is -2.25. The highest BCUT2D eigenvalue weighted by molar-refractivity contribution is 5.76. The Balaban J connectivity index is 2.42. The lowest BCUT2D eigenvalue weighted by molar-refractivity contribution is -0.131. The van der Waals surface area contributed by atoms with Gasteiger partial charge in [-0.05, 0) is 37.1 Å². The maximum absolute atomic E-state index is 12.2. The van der Waals surface area contributed by atoms with E-state index in [0.29, 0.717) is 23.8 Å². The summed E-state index contributed by atoms with van der Waals surface area (Å²) in [5.74, 6) is 2.31. The molecule has 0 aliphatic carbocycles. The largest absolute Gasteiger partial charge is 0.342 e. The van der Waals surface area contributed by atoms with E-state index in [0.717, 1.165) is 38.4 Å². The third-order valence-electron chi connectivity index (χ3n) is 4.20. The summed E-state index contributed by atoms with van der Waals surface area (Å²) in [6.07, 6.45) is 2.99. The van der Waals surface area contributed by atoms with Crippen LogP contribution in [0.25, 0.3) is 0 Å². The number of nitrogens with one attached hydrogen (secondary N) is 1. The van der Waals surface area contributed by atoms with Gasteiger partial charge in [0.2, 0.25) is 5.91 Å². The van der Waals surface area contributed by atoms with Crippen molar-refractivity contribution < 1.29 is 4.79 Å². The van der Waals surface area contributed by atoms with E-state index in [1.165, 1.54) is 6.42 Å². The van der Waals surface area contributed by atoms with Crippen molar-refractivity contribution in [3.63, 3.8) is 0 Å². The van der Waals surface area contributed by atoms with E-state index in [1.54, 1.807) is 0 Å². The molecule has 3 heteroatoms. The topological polar surface area (TPSA) is 32.3 Å². The molecule has 0 aromatic heterocycles. The molecule has 2 unspecified atom stereocenters. The van der Waals surface area contributed by atoms with Gasteiger partial charge >= 0.3 is 0 Å². The van der Waals surface area contributed by atoms with Crippen molar-refractivity contribution in [1.29, 1.82) is 0 Å². The number of rotatable bonds is 6. The molecule has 0 spiro atoms. The second kappa shape index (κ2) is 7.88. The Bertz CT molecular complexity index is 276. The first-order valence-electron chi connectivity index (χ1n) is 7.91. The molecule has 1 fully saturated rings. The van der Waals surface area contributed by atoms with Crippen LogP contribution >= 0.6 is 0 Å². The van der Waals surface area contributed by atoms with Crippen LogP contribution in [0, 0.1) is 17.8 Å². The summed E-state index contributed by atoms with van der Waals surface area (Å²) in [7, 11) is 0. The zero-order chi connectivity index (χ0) is 14.4. The van der Waals surface area contributed by atoms with Crippen molar-refractivity contribution in [3.8, 4) is 0 Å². The Morgan fingerprint density at radius 2 is 1.89 bits per heavy atom. The molecule has 112 valence electrons. The predicted octanol–water partition coefficient (Wildman–Crippen LogP) is 2.91. The highest BCUT2D eigenvalue weighted by Gasteiger charge is 2.24. The van der Waals surface area contributed by atoms with Crippen molar-refractivity contribution in [3.05, 3.63) is 0 Å². The van der Waals surface area contributed by atoms with E-state index in [-0.39, 0.29) is 0 Å². The summed E-state index contributed by atoms with van der Waals surface area (Å²) >= 11 is 0.